The fourth-order valence-corrected chi connectivity index (χ4v) is 2.40. The highest BCUT2D eigenvalue weighted by molar-refractivity contribution is 5.73. The number of aliphatic hydroxyl groups is 1. The lowest BCUT2D eigenvalue weighted by Crippen LogP contribution is -2.34. The molecule has 0 unspecified atom stereocenters. The van der Waals surface area contributed by atoms with E-state index in [2.05, 4.69) is 22.1 Å². The van der Waals surface area contributed by atoms with Crippen molar-refractivity contribution in [3.8, 4) is 17.6 Å². The molecule has 0 fully saturated rings. The Morgan fingerprint density at radius 2 is 1.84 bits per heavy atom. The average molecular weight is 423 g/mol. The molecule has 6 nitrogen and oxygen atoms in total. The molecule has 0 radical (unpaired) electrons. The van der Waals surface area contributed by atoms with Crippen molar-refractivity contribution in [2.45, 2.75) is 45.8 Å². The molecule has 0 aliphatic heterocycles. The van der Waals surface area contributed by atoms with Crippen molar-refractivity contribution in [2.24, 2.45) is 0 Å². The van der Waals surface area contributed by atoms with Crippen molar-refractivity contribution in [1.82, 2.24) is 10.3 Å². The molecule has 2 rings (SSSR count). The molecule has 0 bridgehead atoms. The van der Waals surface area contributed by atoms with Crippen molar-refractivity contribution >= 4 is 18.2 Å². The number of hydrogen-bond acceptors (Lipinski definition) is 5. The normalized spacial score (nSPS) is 11.5. The number of ether oxygens (including phenoxy) is 2. The number of alkyl carbamates (subject to hydrolysis) is 1. The van der Waals surface area contributed by atoms with E-state index in [4.69, 9.17) is 9.47 Å². The van der Waals surface area contributed by atoms with E-state index in [9.17, 15) is 9.90 Å². The van der Waals surface area contributed by atoms with Crippen molar-refractivity contribution in [3.63, 3.8) is 0 Å². The zero-order chi connectivity index (χ0) is 22.9. The third-order valence-electron chi connectivity index (χ3n) is 3.71. The van der Waals surface area contributed by atoms with Gasteiger partial charge >= 0.3 is 6.09 Å². The minimum absolute atomic E-state index is 0.282. The van der Waals surface area contributed by atoms with Gasteiger partial charge in [-0.3, -0.25) is 4.98 Å². The van der Waals surface area contributed by atoms with Gasteiger partial charge < -0.3 is 19.9 Å². The van der Waals surface area contributed by atoms with Crippen molar-refractivity contribution in [2.75, 3.05) is 13.2 Å². The molecule has 0 atom stereocenters. The second-order valence-corrected chi connectivity index (χ2v) is 8.45. The second kappa shape index (κ2) is 10.6. The van der Waals surface area contributed by atoms with Crippen LogP contribution < -0.4 is 10.1 Å². The number of hydrogen-bond donors (Lipinski definition) is 2. The number of nitrogens with one attached hydrogen (secondary N) is 1. The van der Waals surface area contributed by atoms with E-state index in [1.807, 2.05) is 63.3 Å². The highest BCUT2D eigenvalue weighted by atomic mass is 16.6. The van der Waals surface area contributed by atoms with Crippen LogP contribution in [0.25, 0.3) is 12.2 Å². The molecular formula is C25H30N2O4. The summed E-state index contributed by atoms with van der Waals surface area (Å²) in [5, 5.41) is 12.5. The molecule has 0 saturated carbocycles. The second-order valence-electron chi connectivity index (χ2n) is 8.45. The minimum Gasteiger partial charge on any atom is -0.491 e. The number of pyridine rings is 1. The number of nitrogens with zero attached hydrogens (tertiary/aromatic N) is 1. The predicted molar refractivity (Wildman–Crippen MR) is 123 cm³/mol. The van der Waals surface area contributed by atoms with Gasteiger partial charge in [0.05, 0.1) is 6.54 Å². The van der Waals surface area contributed by atoms with E-state index < -0.39 is 17.3 Å². The van der Waals surface area contributed by atoms with E-state index in [1.54, 1.807) is 26.2 Å². The van der Waals surface area contributed by atoms with Crippen LogP contribution >= 0.6 is 0 Å². The molecule has 2 N–H and O–H groups in total. The Morgan fingerprint density at radius 1 is 1.13 bits per heavy atom. The number of benzene rings is 1. The summed E-state index contributed by atoms with van der Waals surface area (Å²) in [4.78, 5) is 15.8. The summed E-state index contributed by atoms with van der Waals surface area (Å²) < 4.78 is 11.1. The Labute approximate surface area is 184 Å². The first-order valence-corrected chi connectivity index (χ1v) is 10.1. The lowest BCUT2D eigenvalue weighted by Gasteiger charge is -2.19. The molecule has 1 heterocycles. The van der Waals surface area contributed by atoms with Gasteiger partial charge in [0.15, 0.2) is 0 Å². The molecule has 0 saturated heterocycles. The van der Waals surface area contributed by atoms with Crippen molar-refractivity contribution in [3.05, 3.63) is 59.4 Å². The van der Waals surface area contributed by atoms with Crippen molar-refractivity contribution in [1.29, 1.82) is 0 Å². The Bertz CT molecular complexity index is 959. The zero-order valence-electron chi connectivity index (χ0n) is 18.7. The maximum atomic E-state index is 11.8. The number of rotatable bonds is 6. The summed E-state index contributed by atoms with van der Waals surface area (Å²) in [6.07, 6.45) is 6.86. The largest absolute Gasteiger partial charge is 0.491 e. The number of amides is 1. The number of carbonyl (C=O) groups is 1. The summed E-state index contributed by atoms with van der Waals surface area (Å²) >= 11 is 0. The van der Waals surface area contributed by atoms with Gasteiger partial charge in [-0.1, -0.05) is 24.0 Å². The van der Waals surface area contributed by atoms with Gasteiger partial charge in [0, 0.05) is 23.5 Å². The van der Waals surface area contributed by atoms with Gasteiger partial charge in [0.25, 0.3) is 0 Å². The molecule has 31 heavy (non-hydrogen) atoms. The van der Waals surface area contributed by atoms with E-state index >= 15 is 0 Å². The topological polar surface area (TPSA) is 80.7 Å². The molecule has 0 aliphatic rings. The van der Waals surface area contributed by atoms with Crippen molar-refractivity contribution < 1.29 is 19.4 Å². The van der Waals surface area contributed by atoms with Crippen LogP contribution in [0.1, 0.15) is 51.3 Å². The summed E-state index contributed by atoms with van der Waals surface area (Å²) in [5.74, 6) is 6.45. The summed E-state index contributed by atoms with van der Waals surface area (Å²) in [6, 6.07) is 9.36. The van der Waals surface area contributed by atoms with Crippen LogP contribution in [-0.2, 0) is 4.74 Å². The van der Waals surface area contributed by atoms with Crippen LogP contribution in [0.15, 0.2) is 42.7 Å². The Hall–Kier alpha value is -3.30. The van der Waals surface area contributed by atoms with E-state index in [0.29, 0.717) is 12.3 Å². The van der Waals surface area contributed by atoms with Gasteiger partial charge in [0.1, 0.15) is 23.6 Å². The first-order valence-electron chi connectivity index (χ1n) is 10.1. The SMILES string of the molecule is CC(C)(O)C#Cc1ccc(OCCNC(=O)OC(C)(C)C)c(/C=C/c2ccncc2)c1. The molecule has 2 aromatic rings. The quantitative estimate of drug-likeness (QED) is 0.537. The summed E-state index contributed by atoms with van der Waals surface area (Å²) in [5.41, 5.74) is 0.971. The third-order valence-corrected chi connectivity index (χ3v) is 3.71. The van der Waals surface area contributed by atoms with Crippen LogP contribution in [-0.4, -0.2) is 40.5 Å². The van der Waals surface area contributed by atoms with Gasteiger partial charge in [-0.2, -0.15) is 0 Å². The van der Waals surface area contributed by atoms with E-state index in [-0.39, 0.29) is 6.61 Å². The van der Waals surface area contributed by atoms with E-state index in [0.717, 1.165) is 16.7 Å². The number of aromatic nitrogens is 1. The maximum absolute atomic E-state index is 11.8. The summed E-state index contributed by atoms with van der Waals surface area (Å²) in [7, 11) is 0. The van der Waals surface area contributed by atoms with Crippen LogP contribution in [0.5, 0.6) is 5.75 Å². The van der Waals surface area contributed by atoms with Gasteiger partial charge in [0.2, 0.25) is 0 Å². The Kier molecular flexibility index (Phi) is 8.23. The Balaban J connectivity index is 2.12. The lowest BCUT2D eigenvalue weighted by molar-refractivity contribution is 0.0520. The molecule has 1 aromatic heterocycles. The fraction of sp³-hybridized carbons (Fsp3) is 0.360. The fourth-order valence-electron chi connectivity index (χ4n) is 2.40. The molecule has 1 aromatic carbocycles. The van der Waals surface area contributed by atoms with Crippen LogP contribution in [0.2, 0.25) is 0 Å². The smallest absolute Gasteiger partial charge is 0.407 e. The van der Waals surface area contributed by atoms with E-state index in [1.165, 1.54) is 0 Å². The zero-order valence-corrected chi connectivity index (χ0v) is 18.7. The van der Waals surface area contributed by atoms with Crippen LogP contribution in [0.3, 0.4) is 0 Å². The first-order chi connectivity index (χ1) is 14.5. The first kappa shape index (κ1) is 24.0. The average Bonchev–Trinajstić information content (AvgIpc) is 2.68. The summed E-state index contributed by atoms with van der Waals surface area (Å²) in [6.45, 7) is 9.30. The monoisotopic (exact) mass is 422 g/mol. The lowest BCUT2D eigenvalue weighted by atomic mass is 10.1. The van der Waals surface area contributed by atoms with Gasteiger partial charge in [-0.15, -0.1) is 0 Å². The third kappa shape index (κ3) is 9.83. The minimum atomic E-state index is -1.07. The molecule has 1 amide bonds. The molecular weight excluding hydrogens is 392 g/mol. The standard InChI is InChI=1S/C25H30N2O4/c1-24(2,3)31-23(28)27-16-17-30-22-9-7-20(10-13-25(4,5)29)18-21(22)8-6-19-11-14-26-15-12-19/h6-9,11-12,14-15,18,29H,16-17H2,1-5H3,(H,27,28)/b8-6+. The highest BCUT2D eigenvalue weighted by Gasteiger charge is 2.15. The Morgan fingerprint density at radius 3 is 2.48 bits per heavy atom. The van der Waals surface area contributed by atoms with Gasteiger partial charge in [-0.25, -0.2) is 4.79 Å². The van der Waals surface area contributed by atoms with Crippen LogP contribution in [0, 0.1) is 11.8 Å². The number of carbonyl (C=O) groups excluding carboxylic acids is 1. The van der Waals surface area contributed by atoms with Gasteiger partial charge in [-0.05, 0) is 70.5 Å². The molecule has 164 valence electrons. The highest BCUT2D eigenvalue weighted by Crippen LogP contribution is 2.23. The maximum Gasteiger partial charge on any atom is 0.407 e. The molecule has 6 heteroatoms. The molecule has 0 spiro atoms. The van der Waals surface area contributed by atoms with Crippen LogP contribution in [0.4, 0.5) is 4.79 Å². The predicted octanol–water partition coefficient (Wildman–Crippen LogP) is 4.28. The molecule has 0 aliphatic carbocycles.